The normalized spacial score (nSPS) is 36.8. The molecular formula is C25H41P. The van der Waals surface area contributed by atoms with E-state index >= 15 is 0 Å². The maximum Gasteiger partial charge on any atom is -0.0108 e. The largest absolute Gasteiger partial charge is 0.0979 e. The molecule has 0 unspecified atom stereocenters. The topological polar surface area (TPSA) is 0 Å². The number of fused-ring (bicyclic) bond motifs is 2. The molecule has 2 fully saturated rings. The zero-order valence-corrected chi connectivity index (χ0v) is 19.3. The van der Waals surface area contributed by atoms with Crippen LogP contribution in [-0.4, -0.2) is 18.5 Å². The third-order valence-corrected chi connectivity index (χ3v) is 11.7. The lowest BCUT2D eigenvalue weighted by Crippen LogP contribution is -2.49. The van der Waals surface area contributed by atoms with Gasteiger partial charge in [0, 0.05) is 0 Å². The molecule has 6 aliphatic carbocycles. The molecule has 0 aliphatic heterocycles. The van der Waals surface area contributed by atoms with Crippen molar-refractivity contribution in [1.82, 2.24) is 0 Å². The van der Waals surface area contributed by atoms with Crippen LogP contribution < -0.4 is 0 Å². The van der Waals surface area contributed by atoms with E-state index in [0.717, 1.165) is 23.7 Å². The fraction of sp³-hybridized carbons (Fsp3) is 0.840. The van der Waals surface area contributed by atoms with E-state index in [2.05, 4.69) is 60.6 Å². The van der Waals surface area contributed by atoms with Gasteiger partial charge < -0.3 is 0 Å². The van der Waals surface area contributed by atoms with E-state index in [4.69, 9.17) is 0 Å². The molecule has 6 aliphatic rings. The Labute approximate surface area is 164 Å². The maximum absolute atomic E-state index is 2.67. The minimum Gasteiger partial charge on any atom is -0.0979 e. The van der Waals surface area contributed by atoms with Gasteiger partial charge in [0.25, 0.3) is 0 Å². The van der Waals surface area contributed by atoms with Gasteiger partial charge in [-0.2, -0.15) is 0 Å². The molecule has 0 amide bonds. The average molecular weight is 373 g/mol. The van der Waals surface area contributed by atoms with Crippen molar-refractivity contribution in [2.24, 2.45) is 39.9 Å². The molecule has 0 radical (unpaired) electrons. The Morgan fingerprint density at radius 1 is 0.846 bits per heavy atom. The van der Waals surface area contributed by atoms with E-state index in [9.17, 15) is 0 Å². The van der Waals surface area contributed by atoms with Crippen LogP contribution in [-0.2, 0) is 0 Å². The molecule has 4 atom stereocenters. The Morgan fingerprint density at radius 2 is 1.27 bits per heavy atom. The highest BCUT2D eigenvalue weighted by molar-refractivity contribution is 7.58. The maximum atomic E-state index is 2.67. The molecule has 1 heteroatoms. The van der Waals surface area contributed by atoms with Crippen LogP contribution in [0.25, 0.3) is 0 Å². The van der Waals surface area contributed by atoms with Gasteiger partial charge in [-0.05, 0) is 84.1 Å². The minimum atomic E-state index is 0.0821. The summed E-state index contributed by atoms with van der Waals surface area (Å²) in [6.45, 7) is 17.5. The number of allylic oxidation sites excluding steroid dienone is 4. The first-order valence-corrected chi connectivity index (χ1v) is 13.0. The molecule has 6 rings (SSSR count). The monoisotopic (exact) mass is 372 g/mol. The van der Waals surface area contributed by atoms with Crippen molar-refractivity contribution >= 4 is 7.92 Å². The van der Waals surface area contributed by atoms with E-state index in [1.165, 1.54) is 44.2 Å². The molecule has 0 nitrogen and oxygen atoms in total. The second kappa shape index (κ2) is 6.20. The van der Waals surface area contributed by atoms with Crippen molar-refractivity contribution in [2.45, 2.75) is 74.1 Å². The van der Waals surface area contributed by atoms with Crippen LogP contribution in [0.15, 0.2) is 23.3 Å². The van der Waals surface area contributed by atoms with Crippen LogP contribution in [0.1, 0.15) is 74.1 Å². The Bertz CT molecular complexity index is 579. The van der Waals surface area contributed by atoms with Crippen LogP contribution in [0.3, 0.4) is 0 Å². The minimum absolute atomic E-state index is 0.0821. The molecule has 0 aromatic rings. The SMILES string of the molecule is CC(C)(C)CP(CC1=CC[C@H]2C[C@@H]1C2(C)C)CC1=CC[C@H]2C[C@@H]1C2(C)C. The quantitative estimate of drug-likeness (QED) is 0.346. The van der Waals surface area contributed by atoms with E-state index in [1.807, 2.05) is 11.1 Å². The third-order valence-electron chi connectivity index (χ3n) is 8.68. The summed E-state index contributed by atoms with van der Waals surface area (Å²) in [5, 5.41) is 0. The Hall–Kier alpha value is -0.0900. The van der Waals surface area contributed by atoms with Crippen LogP contribution in [0.4, 0.5) is 0 Å². The van der Waals surface area contributed by atoms with Gasteiger partial charge in [-0.15, -0.1) is 0 Å². The van der Waals surface area contributed by atoms with Gasteiger partial charge in [-0.1, -0.05) is 79.7 Å². The predicted molar refractivity (Wildman–Crippen MR) is 117 cm³/mol. The highest BCUT2D eigenvalue weighted by atomic mass is 31.1. The van der Waals surface area contributed by atoms with Crippen molar-refractivity contribution in [3.05, 3.63) is 23.3 Å². The van der Waals surface area contributed by atoms with E-state index < -0.39 is 0 Å². The van der Waals surface area contributed by atoms with Crippen molar-refractivity contribution in [2.75, 3.05) is 18.5 Å². The molecule has 0 spiro atoms. The molecule has 26 heavy (non-hydrogen) atoms. The summed E-state index contributed by atoms with van der Waals surface area (Å²) in [7, 11) is 0.0821. The Morgan fingerprint density at radius 3 is 1.58 bits per heavy atom. The Kier molecular flexibility index (Phi) is 4.59. The van der Waals surface area contributed by atoms with Crippen molar-refractivity contribution < 1.29 is 0 Å². The molecule has 0 heterocycles. The average Bonchev–Trinajstić information content (AvgIpc) is 2.53. The lowest BCUT2D eigenvalue weighted by atomic mass is 9.49. The van der Waals surface area contributed by atoms with Gasteiger partial charge in [0.15, 0.2) is 0 Å². The first-order chi connectivity index (χ1) is 12.0. The van der Waals surface area contributed by atoms with Crippen LogP contribution in [0.2, 0.25) is 0 Å². The second-order valence-corrected chi connectivity index (χ2v) is 14.6. The summed E-state index contributed by atoms with van der Waals surface area (Å²) >= 11 is 0. The van der Waals surface area contributed by atoms with Gasteiger partial charge in [0.2, 0.25) is 0 Å². The van der Waals surface area contributed by atoms with Gasteiger partial charge in [0.1, 0.15) is 0 Å². The first kappa shape index (κ1) is 19.2. The third kappa shape index (κ3) is 3.17. The summed E-state index contributed by atoms with van der Waals surface area (Å²) < 4.78 is 0. The van der Waals surface area contributed by atoms with Gasteiger partial charge in [0.05, 0.1) is 0 Å². The van der Waals surface area contributed by atoms with Gasteiger partial charge in [-0.25, -0.2) is 0 Å². The predicted octanol–water partition coefficient (Wildman–Crippen LogP) is 7.50. The lowest BCUT2D eigenvalue weighted by Gasteiger charge is -2.58. The van der Waals surface area contributed by atoms with Gasteiger partial charge in [-0.3, -0.25) is 0 Å². The number of hydrogen-bond acceptors (Lipinski definition) is 0. The standard InChI is InChI=1S/C25H41P/c1-23(2,3)16-26(14-17-8-10-19-12-21(17)24(19,4)5)15-18-9-11-20-13-22(18)25(20,6)7/h8-9,19-22H,10-16H2,1-7H3/t19-,20-,21-,22-/m0/s1. The van der Waals surface area contributed by atoms with Crippen LogP contribution >= 0.6 is 7.92 Å². The van der Waals surface area contributed by atoms with Crippen molar-refractivity contribution in [3.63, 3.8) is 0 Å². The zero-order chi connectivity index (χ0) is 18.9. The fourth-order valence-electron chi connectivity index (χ4n) is 6.67. The summed E-state index contributed by atoms with van der Waals surface area (Å²) in [4.78, 5) is 0. The van der Waals surface area contributed by atoms with Crippen LogP contribution in [0, 0.1) is 39.9 Å². The molecule has 146 valence electrons. The lowest BCUT2D eigenvalue weighted by molar-refractivity contribution is -0.00601. The molecule has 2 saturated carbocycles. The van der Waals surface area contributed by atoms with Gasteiger partial charge >= 0.3 is 0 Å². The molecule has 4 bridgehead atoms. The molecule has 0 N–H and O–H groups in total. The highest BCUT2D eigenvalue weighted by Crippen LogP contribution is 2.64. The molecule has 0 saturated heterocycles. The second-order valence-electron chi connectivity index (χ2n) is 12.3. The summed E-state index contributed by atoms with van der Waals surface area (Å²) in [6.07, 6.45) is 15.3. The highest BCUT2D eigenvalue weighted by Gasteiger charge is 2.52. The summed E-state index contributed by atoms with van der Waals surface area (Å²) in [6, 6.07) is 0. The Balaban J connectivity index is 1.49. The van der Waals surface area contributed by atoms with Crippen LogP contribution in [0.5, 0.6) is 0 Å². The number of rotatable bonds is 5. The van der Waals surface area contributed by atoms with Crippen molar-refractivity contribution in [1.29, 1.82) is 0 Å². The molecule has 0 aromatic heterocycles. The summed E-state index contributed by atoms with van der Waals surface area (Å²) in [5.41, 5.74) is 5.34. The first-order valence-electron chi connectivity index (χ1n) is 11.1. The smallest absolute Gasteiger partial charge is 0.0108 e. The zero-order valence-electron chi connectivity index (χ0n) is 18.4. The van der Waals surface area contributed by atoms with E-state index in [0.29, 0.717) is 16.2 Å². The molecular weight excluding hydrogens is 331 g/mol. The van der Waals surface area contributed by atoms with E-state index in [-0.39, 0.29) is 7.92 Å². The summed E-state index contributed by atoms with van der Waals surface area (Å²) in [5.74, 6) is 3.74. The fourth-order valence-corrected chi connectivity index (χ4v) is 10.1. The van der Waals surface area contributed by atoms with Crippen molar-refractivity contribution in [3.8, 4) is 0 Å². The number of hydrogen-bond donors (Lipinski definition) is 0. The van der Waals surface area contributed by atoms with E-state index in [1.54, 1.807) is 0 Å². The molecule has 0 aromatic carbocycles.